The first-order valence-corrected chi connectivity index (χ1v) is 7.93. The summed E-state index contributed by atoms with van der Waals surface area (Å²) in [6.07, 6.45) is 6.89. The number of nitrogens with two attached hydrogens (primary N) is 1. The molecule has 0 heterocycles. The first-order chi connectivity index (χ1) is 10.2. The molecule has 1 fully saturated rings. The van der Waals surface area contributed by atoms with Gasteiger partial charge in [0.2, 0.25) is 0 Å². The third kappa shape index (κ3) is 3.21. The highest BCUT2D eigenvalue weighted by molar-refractivity contribution is 5.64. The van der Waals surface area contributed by atoms with E-state index < -0.39 is 0 Å². The van der Waals surface area contributed by atoms with E-state index in [1.165, 1.54) is 43.4 Å². The van der Waals surface area contributed by atoms with Crippen LogP contribution < -0.4 is 10.6 Å². The van der Waals surface area contributed by atoms with Crippen LogP contribution in [0.5, 0.6) is 0 Å². The number of benzene rings is 2. The van der Waals surface area contributed by atoms with Crippen LogP contribution in [0, 0.1) is 0 Å². The van der Waals surface area contributed by atoms with E-state index in [9.17, 15) is 0 Å². The van der Waals surface area contributed by atoms with E-state index >= 15 is 0 Å². The summed E-state index contributed by atoms with van der Waals surface area (Å²) in [6, 6.07) is 17.1. The average molecular weight is 280 g/mol. The molecule has 0 saturated heterocycles. The molecule has 21 heavy (non-hydrogen) atoms. The van der Waals surface area contributed by atoms with Crippen LogP contribution in [0.2, 0.25) is 0 Å². The van der Waals surface area contributed by atoms with Crippen LogP contribution in [-0.4, -0.2) is 7.05 Å². The van der Waals surface area contributed by atoms with E-state index in [2.05, 4.69) is 48.3 Å². The minimum absolute atomic E-state index is 0.773. The molecule has 0 aromatic heterocycles. The fourth-order valence-electron chi connectivity index (χ4n) is 3.25. The predicted molar refractivity (Wildman–Crippen MR) is 91.2 cm³/mol. The Labute approximate surface area is 127 Å². The second kappa shape index (κ2) is 6.21. The van der Waals surface area contributed by atoms with Gasteiger partial charge in [0, 0.05) is 24.1 Å². The zero-order valence-electron chi connectivity index (χ0n) is 12.8. The number of hydrogen-bond donors (Lipinski definition) is 1. The van der Waals surface area contributed by atoms with E-state index in [1.807, 2.05) is 12.1 Å². The fourth-order valence-corrected chi connectivity index (χ4v) is 3.25. The largest absolute Gasteiger partial charge is 0.399 e. The maximum absolute atomic E-state index is 5.75. The lowest BCUT2D eigenvalue weighted by Crippen LogP contribution is -2.10. The van der Waals surface area contributed by atoms with Gasteiger partial charge in [-0.15, -0.1) is 0 Å². The van der Waals surface area contributed by atoms with Gasteiger partial charge in [-0.2, -0.15) is 0 Å². The molecule has 2 N–H and O–H groups in total. The highest BCUT2D eigenvalue weighted by atomic mass is 15.1. The Hall–Kier alpha value is -1.96. The fraction of sp³-hybridized carbons (Fsp3) is 0.368. The van der Waals surface area contributed by atoms with Crippen molar-refractivity contribution in [3.63, 3.8) is 0 Å². The molecule has 1 aliphatic rings. The van der Waals surface area contributed by atoms with Crippen molar-refractivity contribution in [2.75, 3.05) is 17.7 Å². The number of anilines is 3. The van der Waals surface area contributed by atoms with Crippen molar-refractivity contribution in [3.8, 4) is 0 Å². The maximum atomic E-state index is 5.75. The van der Waals surface area contributed by atoms with Gasteiger partial charge in [0.25, 0.3) is 0 Å². The SMILES string of the molecule is CN(c1ccc(N)cc1)c1ccc(C2CCCCC2)cc1. The van der Waals surface area contributed by atoms with Crippen molar-refractivity contribution in [2.45, 2.75) is 38.0 Å². The van der Waals surface area contributed by atoms with Crippen LogP contribution in [0.15, 0.2) is 48.5 Å². The van der Waals surface area contributed by atoms with Crippen molar-refractivity contribution in [2.24, 2.45) is 0 Å². The summed E-state index contributed by atoms with van der Waals surface area (Å²) in [6.45, 7) is 0. The third-order valence-electron chi connectivity index (χ3n) is 4.64. The monoisotopic (exact) mass is 280 g/mol. The van der Waals surface area contributed by atoms with Gasteiger partial charge in [0.05, 0.1) is 0 Å². The molecule has 2 aromatic carbocycles. The lowest BCUT2D eigenvalue weighted by molar-refractivity contribution is 0.443. The molecule has 1 aliphatic carbocycles. The van der Waals surface area contributed by atoms with Gasteiger partial charge >= 0.3 is 0 Å². The Morgan fingerprint density at radius 2 is 1.33 bits per heavy atom. The highest BCUT2D eigenvalue weighted by Crippen LogP contribution is 2.34. The average Bonchev–Trinajstić information content (AvgIpc) is 2.56. The second-order valence-corrected chi connectivity index (χ2v) is 6.08. The lowest BCUT2D eigenvalue weighted by Gasteiger charge is -2.24. The topological polar surface area (TPSA) is 29.3 Å². The molecular formula is C19H24N2. The summed E-state index contributed by atoms with van der Waals surface area (Å²) in [5, 5.41) is 0. The summed E-state index contributed by atoms with van der Waals surface area (Å²) in [7, 11) is 2.10. The minimum atomic E-state index is 0.773. The van der Waals surface area contributed by atoms with Gasteiger partial charge in [-0.25, -0.2) is 0 Å². The zero-order chi connectivity index (χ0) is 14.7. The first-order valence-electron chi connectivity index (χ1n) is 7.93. The maximum Gasteiger partial charge on any atom is 0.0409 e. The van der Waals surface area contributed by atoms with Crippen LogP contribution in [0.25, 0.3) is 0 Å². The Balaban J connectivity index is 1.75. The molecule has 0 amide bonds. The Bertz CT molecular complexity index is 566. The van der Waals surface area contributed by atoms with Gasteiger partial charge in [-0.1, -0.05) is 31.4 Å². The van der Waals surface area contributed by atoms with Crippen molar-refractivity contribution < 1.29 is 0 Å². The summed E-state index contributed by atoms with van der Waals surface area (Å²) in [5.74, 6) is 0.773. The standard InChI is InChI=1S/C19H24N2/c1-21(19-13-9-17(20)10-14-19)18-11-7-16(8-12-18)15-5-3-2-4-6-15/h7-15H,2-6,20H2,1H3. The number of nitrogens with zero attached hydrogens (tertiary/aromatic N) is 1. The van der Waals surface area contributed by atoms with Crippen LogP contribution in [0.4, 0.5) is 17.1 Å². The van der Waals surface area contributed by atoms with E-state index in [4.69, 9.17) is 5.73 Å². The molecule has 0 bridgehead atoms. The Morgan fingerprint density at radius 1 is 0.810 bits per heavy atom. The van der Waals surface area contributed by atoms with E-state index in [-0.39, 0.29) is 0 Å². The van der Waals surface area contributed by atoms with Crippen LogP contribution in [0.3, 0.4) is 0 Å². The summed E-state index contributed by atoms with van der Waals surface area (Å²) in [5.41, 5.74) is 10.4. The van der Waals surface area contributed by atoms with Crippen LogP contribution >= 0.6 is 0 Å². The third-order valence-corrected chi connectivity index (χ3v) is 4.64. The number of nitrogen functional groups attached to an aromatic ring is 1. The molecule has 110 valence electrons. The molecule has 0 unspecified atom stereocenters. The lowest BCUT2D eigenvalue weighted by atomic mass is 9.84. The molecule has 0 radical (unpaired) electrons. The van der Waals surface area contributed by atoms with Crippen LogP contribution in [0.1, 0.15) is 43.6 Å². The normalized spacial score (nSPS) is 15.9. The predicted octanol–water partition coefficient (Wildman–Crippen LogP) is 5.08. The summed E-state index contributed by atoms with van der Waals surface area (Å²) < 4.78 is 0. The van der Waals surface area contributed by atoms with E-state index in [0.29, 0.717) is 0 Å². The Kier molecular flexibility index (Phi) is 4.14. The summed E-state index contributed by atoms with van der Waals surface area (Å²) >= 11 is 0. The second-order valence-electron chi connectivity index (χ2n) is 6.08. The smallest absolute Gasteiger partial charge is 0.0409 e. The van der Waals surface area contributed by atoms with Gasteiger partial charge in [0.1, 0.15) is 0 Å². The molecular weight excluding hydrogens is 256 g/mol. The van der Waals surface area contributed by atoms with Crippen molar-refractivity contribution in [3.05, 3.63) is 54.1 Å². The minimum Gasteiger partial charge on any atom is -0.399 e. The molecule has 2 aromatic rings. The molecule has 1 saturated carbocycles. The molecule has 3 rings (SSSR count). The molecule has 0 spiro atoms. The quantitative estimate of drug-likeness (QED) is 0.794. The summed E-state index contributed by atoms with van der Waals surface area (Å²) in [4.78, 5) is 2.20. The van der Waals surface area contributed by atoms with Crippen molar-refractivity contribution in [1.29, 1.82) is 0 Å². The van der Waals surface area contributed by atoms with Gasteiger partial charge in [-0.3, -0.25) is 0 Å². The van der Waals surface area contributed by atoms with Crippen molar-refractivity contribution >= 4 is 17.1 Å². The van der Waals surface area contributed by atoms with Gasteiger partial charge in [0.15, 0.2) is 0 Å². The number of rotatable bonds is 3. The van der Waals surface area contributed by atoms with Gasteiger partial charge < -0.3 is 10.6 Å². The number of hydrogen-bond acceptors (Lipinski definition) is 2. The van der Waals surface area contributed by atoms with E-state index in [1.54, 1.807) is 0 Å². The zero-order valence-corrected chi connectivity index (χ0v) is 12.8. The molecule has 0 atom stereocenters. The van der Waals surface area contributed by atoms with E-state index in [0.717, 1.165) is 17.3 Å². The molecule has 2 nitrogen and oxygen atoms in total. The molecule has 0 aliphatic heterocycles. The highest BCUT2D eigenvalue weighted by Gasteiger charge is 2.15. The van der Waals surface area contributed by atoms with Gasteiger partial charge in [-0.05, 0) is 60.7 Å². The molecule has 2 heteroatoms. The first kappa shape index (κ1) is 14.0. The van der Waals surface area contributed by atoms with Crippen molar-refractivity contribution in [1.82, 2.24) is 0 Å². The van der Waals surface area contributed by atoms with Crippen LogP contribution in [-0.2, 0) is 0 Å². The Morgan fingerprint density at radius 3 is 1.90 bits per heavy atom.